The first kappa shape index (κ1) is 10.5. The summed E-state index contributed by atoms with van der Waals surface area (Å²) in [5.74, 6) is -0.183. The van der Waals surface area contributed by atoms with Gasteiger partial charge in [0.25, 0.3) is 5.91 Å². The van der Waals surface area contributed by atoms with Gasteiger partial charge in [-0.05, 0) is 24.6 Å². The lowest BCUT2D eigenvalue weighted by molar-refractivity contribution is -0.124. The molecule has 0 radical (unpaired) electrons. The highest BCUT2D eigenvalue weighted by molar-refractivity contribution is 6.01. The average molecular weight is 220 g/mol. The molecule has 0 unspecified atom stereocenters. The number of primary amides is 1. The molecule has 1 aliphatic rings. The molecule has 2 rings (SSSR count). The first-order valence-electron chi connectivity index (χ1n) is 4.90. The van der Waals surface area contributed by atoms with Gasteiger partial charge in [-0.2, -0.15) is 0 Å². The highest BCUT2D eigenvalue weighted by Crippen LogP contribution is 2.32. The molecule has 2 N–H and O–H groups in total. The Bertz CT molecular complexity index is 457. The van der Waals surface area contributed by atoms with Crippen molar-refractivity contribution >= 4 is 17.5 Å². The van der Waals surface area contributed by atoms with Crippen molar-refractivity contribution in [3.8, 4) is 5.75 Å². The molecule has 0 fully saturated rings. The zero-order chi connectivity index (χ0) is 11.7. The van der Waals surface area contributed by atoms with E-state index in [0.717, 1.165) is 5.56 Å². The monoisotopic (exact) mass is 220 g/mol. The third kappa shape index (κ3) is 1.84. The predicted molar refractivity (Wildman–Crippen MR) is 58.2 cm³/mol. The fourth-order valence-electron chi connectivity index (χ4n) is 1.64. The minimum atomic E-state index is -0.540. The molecule has 2 amide bonds. The first-order valence-corrected chi connectivity index (χ1v) is 4.90. The second-order valence-corrected chi connectivity index (χ2v) is 3.71. The van der Waals surface area contributed by atoms with E-state index in [0.29, 0.717) is 11.4 Å². The lowest BCUT2D eigenvalue weighted by Gasteiger charge is -2.28. The number of nitrogens with zero attached hydrogens (tertiary/aromatic N) is 1. The molecule has 5 heteroatoms. The summed E-state index contributed by atoms with van der Waals surface area (Å²) >= 11 is 0. The normalized spacial score (nSPS) is 14.3. The van der Waals surface area contributed by atoms with Crippen molar-refractivity contribution < 1.29 is 14.3 Å². The highest BCUT2D eigenvalue weighted by Gasteiger charge is 2.26. The molecular weight excluding hydrogens is 208 g/mol. The number of rotatable bonds is 2. The lowest BCUT2D eigenvalue weighted by Crippen LogP contribution is -2.43. The van der Waals surface area contributed by atoms with Crippen LogP contribution in [0.3, 0.4) is 0 Å². The van der Waals surface area contributed by atoms with Crippen molar-refractivity contribution in [1.29, 1.82) is 0 Å². The number of aryl methyl sites for hydroxylation is 1. The van der Waals surface area contributed by atoms with Crippen molar-refractivity contribution in [3.05, 3.63) is 23.8 Å². The van der Waals surface area contributed by atoms with Gasteiger partial charge in [-0.15, -0.1) is 0 Å². The number of carbonyl (C=O) groups is 2. The summed E-state index contributed by atoms with van der Waals surface area (Å²) in [5, 5.41) is 0. The number of fused-ring (bicyclic) bond motifs is 1. The maximum atomic E-state index is 11.6. The van der Waals surface area contributed by atoms with E-state index in [9.17, 15) is 9.59 Å². The Labute approximate surface area is 92.8 Å². The van der Waals surface area contributed by atoms with Gasteiger partial charge in [0.15, 0.2) is 6.61 Å². The van der Waals surface area contributed by atoms with Crippen molar-refractivity contribution in [1.82, 2.24) is 0 Å². The minimum Gasteiger partial charge on any atom is -0.482 e. The fourth-order valence-corrected chi connectivity index (χ4v) is 1.64. The number of hydrogen-bond donors (Lipinski definition) is 1. The molecule has 5 nitrogen and oxygen atoms in total. The summed E-state index contributed by atoms with van der Waals surface area (Å²) in [4.78, 5) is 23.8. The van der Waals surface area contributed by atoms with E-state index in [1.165, 1.54) is 4.90 Å². The second kappa shape index (κ2) is 3.84. The SMILES string of the molecule is Cc1ccc2c(c1)OCC(=O)N2CC(N)=O. The maximum Gasteiger partial charge on any atom is 0.265 e. The molecule has 0 spiro atoms. The van der Waals surface area contributed by atoms with Crippen LogP contribution in [0.5, 0.6) is 5.75 Å². The van der Waals surface area contributed by atoms with Crippen LogP contribution in [0.1, 0.15) is 5.56 Å². The molecular formula is C11H12N2O3. The lowest BCUT2D eigenvalue weighted by atomic mass is 10.1. The van der Waals surface area contributed by atoms with E-state index in [4.69, 9.17) is 10.5 Å². The van der Waals surface area contributed by atoms with Crippen LogP contribution >= 0.6 is 0 Å². The standard InChI is InChI=1S/C11H12N2O3/c1-7-2-3-8-9(4-7)16-6-11(15)13(8)5-10(12)14/h2-4H,5-6H2,1H3,(H2,12,14). The smallest absolute Gasteiger partial charge is 0.265 e. The van der Waals surface area contributed by atoms with Gasteiger partial charge in [0, 0.05) is 0 Å². The van der Waals surface area contributed by atoms with Crippen molar-refractivity contribution in [2.24, 2.45) is 5.73 Å². The van der Waals surface area contributed by atoms with E-state index >= 15 is 0 Å². The van der Waals surface area contributed by atoms with Crippen molar-refractivity contribution in [2.45, 2.75) is 6.92 Å². The number of benzene rings is 1. The van der Waals surface area contributed by atoms with Gasteiger partial charge < -0.3 is 10.5 Å². The maximum absolute atomic E-state index is 11.6. The molecule has 1 aliphatic heterocycles. The van der Waals surface area contributed by atoms with E-state index in [1.54, 1.807) is 6.07 Å². The van der Waals surface area contributed by atoms with Crippen LogP contribution < -0.4 is 15.4 Å². The van der Waals surface area contributed by atoms with Gasteiger partial charge in [0.1, 0.15) is 12.3 Å². The number of carbonyl (C=O) groups excluding carboxylic acids is 2. The van der Waals surface area contributed by atoms with Crippen LogP contribution in [0, 0.1) is 6.92 Å². The zero-order valence-corrected chi connectivity index (χ0v) is 8.90. The third-order valence-corrected chi connectivity index (χ3v) is 2.37. The zero-order valence-electron chi connectivity index (χ0n) is 8.90. The van der Waals surface area contributed by atoms with Crippen LogP contribution in [0.15, 0.2) is 18.2 Å². The number of nitrogens with two attached hydrogens (primary N) is 1. The van der Waals surface area contributed by atoms with Crippen LogP contribution in [0.25, 0.3) is 0 Å². The van der Waals surface area contributed by atoms with E-state index in [1.807, 2.05) is 19.1 Å². The predicted octanol–water partition coefficient (Wildman–Crippen LogP) is 0.206. The van der Waals surface area contributed by atoms with Crippen molar-refractivity contribution in [3.63, 3.8) is 0 Å². The molecule has 16 heavy (non-hydrogen) atoms. The van der Waals surface area contributed by atoms with Gasteiger partial charge in [-0.1, -0.05) is 6.07 Å². The highest BCUT2D eigenvalue weighted by atomic mass is 16.5. The fraction of sp³-hybridized carbons (Fsp3) is 0.273. The van der Waals surface area contributed by atoms with Crippen LogP contribution in [-0.2, 0) is 9.59 Å². The summed E-state index contributed by atoms with van der Waals surface area (Å²) in [7, 11) is 0. The number of hydrogen-bond acceptors (Lipinski definition) is 3. The Balaban J connectivity index is 2.40. The second-order valence-electron chi connectivity index (χ2n) is 3.71. The minimum absolute atomic E-state index is 0.0519. The topological polar surface area (TPSA) is 72.6 Å². The molecule has 0 aromatic heterocycles. The molecule has 1 aromatic carbocycles. The molecule has 1 aromatic rings. The summed E-state index contributed by atoms with van der Waals surface area (Å²) in [5.41, 5.74) is 6.73. The largest absolute Gasteiger partial charge is 0.482 e. The van der Waals surface area contributed by atoms with Crippen LogP contribution in [0.2, 0.25) is 0 Å². The van der Waals surface area contributed by atoms with Crippen LogP contribution in [0.4, 0.5) is 5.69 Å². The van der Waals surface area contributed by atoms with Gasteiger partial charge in [-0.25, -0.2) is 0 Å². The van der Waals surface area contributed by atoms with Gasteiger partial charge in [-0.3, -0.25) is 14.5 Å². The number of amides is 2. The van der Waals surface area contributed by atoms with Gasteiger partial charge in [0.2, 0.25) is 5.91 Å². The summed E-state index contributed by atoms with van der Waals surface area (Å²) in [6.07, 6.45) is 0. The van der Waals surface area contributed by atoms with E-state index < -0.39 is 5.91 Å². The average Bonchev–Trinajstić information content (AvgIpc) is 2.22. The Morgan fingerprint density at radius 1 is 1.56 bits per heavy atom. The quantitative estimate of drug-likeness (QED) is 0.774. The molecule has 0 saturated heterocycles. The Morgan fingerprint density at radius 3 is 3.00 bits per heavy atom. The number of anilines is 1. The Morgan fingerprint density at radius 2 is 2.31 bits per heavy atom. The van der Waals surface area contributed by atoms with Gasteiger partial charge >= 0.3 is 0 Å². The summed E-state index contributed by atoms with van der Waals surface area (Å²) in [6.45, 7) is 1.76. The summed E-state index contributed by atoms with van der Waals surface area (Å²) < 4.78 is 5.29. The third-order valence-electron chi connectivity index (χ3n) is 2.37. The van der Waals surface area contributed by atoms with Gasteiger partial charge in [0.05, 0.1) is 5.69 Å². The van der Waals surface area contributed by atoms with E-state index in [2.05, 4.69) is 0 Å². The number of ether oxygens (including phenoxy) is 1. The molecule has 0 saturated carbocycles. The first-order chi connectivity index (χ1) is 7.58. The Hall–Kier alpha value is -2.04. The molecule has 0 aliphatic carbocycles. The molecule has 0 atom stereocenters. The summed E-state index contributed by atoms with van der Waals surface area (Å²) in [6, 6.07) is 5.44. The molecule has 0 bridgehead atoms. The van der Waals surface area contributed by atoms with E-state index in [-0.39, 0.29) is 19.1 Å². The Kier molecular flexibility index (Phi) is 2.52. The molecule has 84 valence electrons. The molecule has 1 heterocycles. The van der Waals surface area contributed by atoms with Crippen LogP contribution in [-0.4, -0.2) is 25.0 Å². The van der Waals surface area contributed by atoms with Crippen molar-refractivity contribution in [2.75, 3.05) is 18.1 Å².